The van der Waals surface area contributed by atoms with E-state index >= 15 is 0 Å². The zero-order chi connectivity index (χ0) is 12.4. The molecule has 3 rings (SSSR count). The van der Waals surface area contributed by atoms with E-state index in [1.807, 2.05) is 12.1 Å². The molecule has 1 unspecified atom stereocenters. The van der Waals surface area contributed by atoms with Crippen LogP contribution in [0.5, 0.6) is 5.75 Å². The first-order valence-electron chi connectivity index (χ1n) is 6.86. The summed E-state index contributed by atoms with van der Waals surface area (Å²) in [6.07, 6.45) is 4.97. The molecule has 0 amide bonds. The van der Waals surface area contributed by atoms with Gasteiger partial charge in [-0.25, -0.2) is 0 Å². The smallest absolute Gasteiger partial charge is 0.168 e. The molecule has 1 N–H and O–H groups in total. The van der Waals surface area contributed by atoms with Crippen molar-refractivity contribution >= 4 is 5.78 Å². The van der Waals surface area contributed by atoms with Gasteiger partial charge in [-0.05, 0) is 43.9 Å². The van der Waals surface area contributed by atoms with Crippen molar-refractivity contribution in [2.45, 2.75) is 38.1 Å². The Morgan fingerprint density at radius 1 is 1.39 bits per heavy atom. The van der Waals surface area contributed by atoms with E-state index in [4.69, 9.17) is 4.74 Å². The monoisotopic (exact) mass is 245 g/mol. The standard InChI is InChI=1S/C15H19NO2/c17-14(10-12-6-2-8-16-12)13-7-1-4-11-5-3-9-18-15(11)13/h1,4,7,12,16H,2-3,5-6,8-10H2. The highest BCUT2D eigenvalue weighted by molar-refractivity contribution is 5.99. The lowest BCUT2D eigenvalue weighted by atomic mass is 9.97. The van der Waals surface area contributed by atoms with Crippen LogP contribution in [0, 0.1) is 0 Å². The van der Waals surface area contributed by atoms with E-state index in [1.54, 1.807) is 0 Å². The number of hydrogen-bond acceptors (Lipinski definition) is 3. The number of ether oxygens (including phenoxy) is 1. The van der Waals surface area contributed by atoms with Gasteiger partial charge in [-0.2, -0.15) is 0 Å². The molecular formula is C15H19NO2. The van der Waals surface area contributed by atoms with E-state index in [1.165, 1.54) is 12.0 Å². The molecule has 2 aliphatic heterocycles. The van der Waals surface area contributed by atoms with Crippen molar-refractivity contribution in [1.29, 1.82) is 0 Å². The SMILES string of the molecule is O=C(CC1CCCN1)c1cccc2c1OCCC2. The summed E-state index contributed by atoms with van der Waals surface area (Å²) in [6, 6.07) is 6.31. The summed E-state index contributed by atoms with van der Waals surface area (Å²) < 4.78 is 5.70. The molecule has 0 bridgehead atoms. The fourth-order valence-corrected chi connectivity index (χ4v) is 2.87. The normalized spacial score (nSPS) is 22.3. The molecule has 1 aromatic rings. The van der Waals surface area contributed by atoms with Crippen LogP contribution in [0.25, 0.3) is 0 Å². The number of para-hydroxylation sites is 1. The third-order valence-electron chi connectivity index (χ3n) is 3.83. The molecular weight excluding hydrogens is 226 g/mol. The quantitative estimate of drug-likeness (QED) is 0.831. The van der Waals surface area contributed by atoms with E-state index in [0.29, 0.717) is 12.5 Å². The Morgan fingerprint density at radius 3 is 3.17 bits per heavy atom. The Balaban J connectivity index is 1.80. The predicted octanol–water partition coefficient (Wildman–Crippen LogP) is 2.34. The van der Waals surface area contributed by atoms with Gasteiger partial charge in [0.25, 0.3) is 0 Å². The molecule has 0 saturated carbocycles. The van der Waals surface area contributed by atoms with Gasteiger partial charge in [0, 0.05) is 12.5 Å². The second-order valence-electron chi connectivity index (χ2n) is 5.17. The summed E-state index contributed by atoms with van der Waals surface area (Å²) in [5, 5.41) is 3.38. The van der Waals surface area contributed by atoms with Crippen LogP contribution in [0.1, 0.15) is 41.6 Å². The highest BCUT2D eigenvalue weighted by Crippen LogP contribution is 2.30. The molecule has 1 fully saturated rings. The first-order chi connectivity index (χ1) is 8.84. The van der Waals surface area contributed by atoms with Crippen molar-refractivity contribution in [2.75, 3.05) is 13.2 Å². The lowest BCUT2D eigenvalue weighted by Crippen LogP contribution is -2.25. The van der Waals surface area contributed by atoms with E-state index in [-0.39, 0.29) is 5.78 Å². The van der Waals surface area contributed by atoms with E-state index in [0.717, 1.165) is 43.7 Å². The molecule has 18 heavy (non-hydrogen) atoms. The number of fused-ring (bicyclic) bond motifs is 1. The van der Waals surface area contributed by atoms with Gasteiger partial charge in [-0.3, -0.25) is 4.79 Å². The molecule has 3 heteroatoms. The van der Waals surface area contributed by atoms with Gasteiger partial charge < -0.3 is 10.1 Å². The van der Waals surface area contributed by atoms with Gasteiger partial charge in [-0.1, -0.05) is 12.1 Å². The van der Waals surface area contributed by atoms with Crippen LogP contribution in [0.2, 0.25) is 0 Å². The highest BCUT2D eigenvalue weighted by atomic mass is 16.5. The fourth-order valence-electron chi connectivity index (χ4n) is 2.87. The van der Waals surface area contributed by atoms with Crippen molar-refractivity contribution in [3.8, 4) is 5.75 Å². The first kappa shape index (κ1) is 11.7. The number of rotatable bonds is 3. The lowest BCUT2D eigenvalue weighted by Gasteiger charge is -2.20. The Hall–Kier alpha value is -1.35. The second kappa shape index (κ2) is 5.11. The fraction of sp³-hybridized carbons (Fsp3) is 0.533. The van der Waals surface area contributed by atoms with Gasteiger partial charge in [-0.15, -0.1) is 0 Å². The maximum absolute atomic E-state index is 12.4. The van der Waals surface area contributed by atoms with Crippen LogP contribution >= 0.6 is 0 Å². The number of carbonyl (C=O) groups excluding carboxylic acids is 1. The maximum atomic E-state index is 12.4. The molecule has 2 heterocycles. The van der Waals surface area contributed by atoms with E-state index in [9.17, 15) is 4.79 Å². The van der Waals surface area contributed by atoms with Gasteiger partial charge in [0.1, 0.15) is 5.75 Å². The van der Waals surface area contributed by atoms with Gasteiger partial charge in [0.05, 0.1) is 12.2 Å². The van der Waals surface area contributed by atoms with Crippen molar-refractivity contribution in [2.24, 2.45) is 0 Å². The number of ketones is 1. The van der Waals surface area contributed by atoms with Gasteiger partial charge in [0.15, 0.2) is 5.78 Å². The maximum Gasteiger partial charge on any atom is 0.168 e. The largest absolute Gasteiger partial charge is 0.493 e. The summed E-state index contributed by atoms with van der Waals surface area (Å²) in [5.41, 5.74) is 1.97. The summed E-state index contributed by atoms with van der Waals surface area (Å²) in [4.78, 5) is 12.4. The zero-order valence-electron chi connectivity index (χ0n) is 10.6. The molecule has 0 radical (unpaired) electrons. The first-order valence-corrected chi connectivity index (χ1v) is 6.86. The zero-order valence-corrected chi connectivity index (χ0v) is 10.6. The average Bonchev–Trinajstić information content (AvgIpc) is 2.91. The molecule has 3 nitrogen and oxygen atoms in total. The van der Waals surface area contributed by atoms with E-state index in [2.05, 4.69) is 11.4 Å². The molecule has 1 saturated heterocycles. The van der Waals surface area contributed by atoms with Gasteiger partial charge in [0.2, 0.25) is 0 Å². The highest BCUT2D eigenvalue weighted by Gasteiger charge is 2.23. The van der Waals surface area contributed by atoms with Gasteiger partial charge >= 0.3 is 0 Å². The minimum Gasteiger partial charge on any atom is -0.493 e. The van der Waals surface area contributed by atoms with Crippen LogP contribution in [0.4, 0.5) is 0 Å². The molecule has 1 atom stereocenters. The molecule has 2 aliphatic rings. The number of Topliss-reactive ketones (excluding diaryl/α,β-unsaturated/α-hetero) is 1. The summed E-state index contributed by atoms with van der Waals surface area (Å²) >= 11 is 0. The molecule has 96 valence electrons. The predicted molar refractivity (Wildman–Crippen MR) is 70.2 cm³/mol. The van der Waals surface area contributed by atoms with Crippen molar-refractivity contribution in [1.82, 2.24) is 5.32 Å². The second-order valence-corrected chi connectivity index (χ2v) is 5.17. The minimum absolute atomic E-state index is 0.216. The Bertz CT molecular complexity index is 450. The van der Waals surface area contributed by atoms with Crippen LogP contribution in [-0.2, 0) is 6.42 Å². The number of hydrogen-bond donors (Lipinski definition) is 1. The third kappa shape index (κ3) is 2.27. The van der Waals surface area contributed by atoms with Crippen LogP contribution in [0.15, 0.2) is 18.2 Å². The van der Waals surface area contributed by atoms with Crippen molar-refractivity contribution in [3.63, 3.8) is 0 Å². The minimum atomic E-state index is 0.216. The van der Waals surface area contributed by atoms with Crippen molar-refractivity contribution in [3.05, 3.63) is 29.3 Å². The summed E-state index contributed by atoms with van der Waals surface area (Å²) in [7, 11) is 0. The lowest BCUT2D eigenvalue weighted by molar-refractivity contribution is 0.0966. The topological polar surface area (TPSA) is 38.3 Å². The Morgan fingerprint density at radius 2 is 2.33 bits per heavy atom. The number of carbonyl (C=O) groups is 1. The van der Waals surface area contributed by atoms with Crippen molar-refractivity contribution < 1.29 is 9.53 Å². The Labute approximate surface area is 108 Å². The molecule has 0 spiro atoms. The summed E-state index contributed by atoms with van der Waals surface area (Å²) in [6.45, 7) is 1.78. The van der Waals surface area contributed by atoms with E-state index < -0.39 is 0 Å². The summed E-state index contributed by atoms with van der Waals surface area (Å²) in [5.74, 6) is 1.06. The number of nitrogens with one attached hydrogen (secondary N) is 1. The van der Waals surface area contributed by atoms with Crippen LogP contribution in [-0.4, -0.2) is 25.0 Å². The number of benzene rings is 1. The number of aryl methyl sites for hydroxylation is 1. The third-order valence-corrected chi connectivity index (χ3v) is 3.83. The molecule has 0 aliphatic carbocycles. The molecule has 1 aromatic carbocycles. The average molecular weight is 245 g/mol. The van der Waals surface area contributed by atoms with Crippen LogP contribution in [0.3, 0.4) is 0 Å². The molecule has 0 aromatic heterocycles. The Kier molecular flexibility index (Phi) is 3.33. The van der Waals surface area contributed by atoms with Crippen LogP contribution < -0.4 is 10.1 Å².